The molecule has 28 heavy (non-hydrogen) atoms. The Morgan fingerprint density at radius 2 is 1.93 bits per heavy atom. The number of sulfonamides is 1. The second-order valence-corrected chi connectivity index (χ2v) is 9.32. The molecule has 1 saturated heterocycles. The normalized spacial score (nSPS) is 18.4. The minimum atomic E-state index is -3.47. The molecule has 0 saturated carbocycles. The standard InChI is InChI=1S/C22H26N2O3S/c1-3-16-6-9-20(10-7-16)28(25,26)24-12-4-5-17(15-24)22-14-18-13-19(27-2)8-11-21(18)23-22/h6-11,13-14,17,23H,3-5,12,15H2,1-2H3. The predicted octanol–water partition coefficient (Wildman–Crippen LogP) is 4.31. The van der Waals surface area contributed by atoms with Crippen LogP contribution in [0.4, 0.5) is 0 Å². The number of methoxy groups -OCH3 is 1. The van der Waals surface area contributed by atoms with E-state index in [4.69, 9.17) is 4.74 Å². The molecule has 6 heteroatoms. The molecule has 0 radical (unpaired) electrons. The number of piperidine rings is 1. The van der Waals surface area contributed by atoms with Gasteiger partial charge in [0.25, 0.3) is 0 Å². The molecule has 1 aromatic heterocycles. The van der Waals surface area contributed by atoms with Crippen LogP contribution in [0.25, 0.3) is 10.9 Å². The van der Waals surface area contributed by atoms with E-state index in [1.807, 2.05) is 30.3 Å². The van der Waals surface area contributed by atoms with Crippen molar-refractivity contribution in [1.29, 1.82) is 0 Å². The van der Waals surface area contributed by atoms with Gasteiger partial charge in [0.05, 0.1) is 12.0 Å². The van der Waals surface area contributed by atoms with Crippen LogP contribution >= 0.6 is 0 Å². The van der Waals surface area contributed by atoms with Crippen molar-refractivity contribution in [2.75, 3.05) is 20.2 Å². The van der Waals surface area contributed by atoms with Gasteiger partial charge in [0.15, 0.2) is 0 Å². The number of hydrogen-bond acceptors (Lipinski definition) is 3. The average Bonchev–Trinajstić information content (AvgIpc) is 3.17. The number of H-pyrrole nitrogens is 1. The van der Waals surface area contributed by atoms with E-state index in [9.17, 15) is 8.42 Å². The summed E-state index contributed by atoms with van der Waals surface area (Å²) in [7, 11) is -1.81. The first-order valence-electron chi connectivity index (χ1n) is 9.77. The van der Waals surface area contributed by atoms with E-state index in [-0.39, 0.29) is 5.92 Å². The molecule has 2 aromatic carbocycles. The van der Waals surface area contributed by atoms with Gasteiger partial charge in [0.2, 0.25) is 10.0 Å². The highest BCUT2D eigenvalue weighted by atomic mass is 32.2. The Kier molecular flexibility index (Phi) is 5.17. The highest BCUT2D eigenvalue weighted by Gasteiger charge is 2.31. The van der Waals surface area contributed by atoms with Crippen LogP contribution in [-0.4, -0.2) is 37.9 Å². The number of benzene rings is 2. The Hall–Kier alpha value is -2.31. The van der Waals surface area contributed by atoms with Gasteiger partial charge < -0.3 is 9.72 Å². The van der Waals surface area contributed by atoms with E-state index < -0.39 is 10.0 Å². The second-order valence-electron chi connectivity index (χ2n) is 7.38. The van der Waals surface area contributed by atoms with Crippen LogP contribution in [0, 0.1) is 0 Å². The number of nitrogens with zero attached hydrogens (tertiary/aromatic N) is 1. The maximum Gasteiger partial charge on any atom is 0.243 e. The van der Waals surface area contributed by atoms with Crippen LogP contribution in [0.1, 0.15) is 36.9 Å². The van der Waals surface area contributed by atoms with Gasteiger partial charge in [-0.3, -0.25) is 0 Å². The summed E-state index contributed by atoms with van der Waals surface area (Å²) in [4.78, 5) is 3.85. The minimum Gasteiger partial charge on any atom is -0.497 e. The molecule has 0 aliphatic carbocycles. The molecule has 1 unspecified atom stereocenters. The molecule has 5 nitrogen and oxygen atoms in total. The van der Waals surface area contributed by atoms with Gasteiger partial charge in [0.1, 0.15) is 5.75 Å². The van der Waals surface area contributed by atoms with Crippen molar-refractivity contribution in [3.05, 3.63) is 59.8 Å². The molecule has 0 spiro atoms. The number of aryl methyl sites for hydroxylation is 1. The smallest absolute Gasteiger partial charge is 0.243 e. The number of hydrogen-bond donors (Lipinski definition) is 1. The summed E-state index contributed by atoms with van der Waals surface area (Å²) in [6.07, 6.45) is 2.73. The molecular weight excluding hydrogens is 372 g/mol. The summed E-state index contributed by atoms with van der Waals surface area (Å²) in [6.45, 7) is 3.14. The number of rotatable bonds is 5. The molecule has 3 aromatic rings. The molecule has 1 fully saturated rings. The summed E-state index contributed by atoms with van der Waals surface area (Å²) >= 11 is 0. The zero-order valence-electron chi connectivity index (χ0n) is 16.3. The lowest BCUT2D eigenvalue weighted by atomic mass is 9.96. The second kappa shape index (κ2) is 7.60. The van der Waals surface area contributed by atoms with Crippen molar-refractivity contribution < 1.29 is 13.2 Å². The molecule has 1 N–H and O–H groups in total. The molecule has 0 amide bonds. The lowest BCUT2D eigenvalue weighted by molar-refractivity contribution is 0.313. The van der Waals surface area contributed by atoms with Gasteiger partial charge in [-0.25, -0.2) is 8.42 Å². The van der Waals surface area contributed by atoms with E-state index in [1.54, 1.807) is 23.5 Å². The third-order valence-electron chi connectivity index (χ3n) is 5.64. The fourth-order valence-corrected chi connectivity index (χ4v) is 5.46. The predicted molar refractivity (Wildman–Crippen MR) is 111 cm³/mol. The Morgan fingerprint density at radius 1 is 1.14 bits per heavy atom. The van der Waals surface area contributed by atoms with Crippen molar-refractivity contribution in [1.82, 2.24) is 9.29 Å². The quantitative estimate of drug-likeness (QED) is 0.697. The maximum atomic E-state index is 13.1. The Labute approximate surface area is 166 Å². The first-order chi connectivity index (χ1) is 13.5. The number of nitrogens with one attached hydrogen (secondary N) is 1. The summed E-state index contributed by atoms with van der Waals surface area (Å²) in [5, 5.41) is 1.09. The Morgan fingerprint density at radius 3 is 2.64 bits per heavy atom. The summed E-state index contributed by atoms with van der Waals surface area (Å²) in [6, 6.07) is 15.3. The fourth-order valence-electron chi connectivity index (χ4n) is 3.94. The molecule has 1 aliphatic heterocycles. The SMILES string of the molecule is CCc1ccc(S(=O)(=O)N2CCCC(c3cc4cc(OC)ccc4[nH]3)C2)cc1. The molecule has 4 rings (SSSR count). The average molecular weight is 399 g/mol. The van der Waals surface area contributed by atoms with E-state index in [0.29, 0.717) is 18.0 Å². The monoisotopic (exact) mass is 398 g/mol. The number of ether oxygens (including phenoxy) is 1. The van der Waals surface area contributed by atoms with Crippen LogP contribution in [0.15, 0.2) is 53.4 Å². The maximum absolute atomic E-state index is 13.1. The molecular formula is C22H26N2O3S. The van der Waals surface area contributed by atoms with Crippen molar-refractivity contribution in [2.24, 2.45) is 0 Å². The third kappa shape index (κ3) is 3.54. The van der Waals surface area contributed by atoms with Gasteiger partial charge in [0, 0.05) is 35.6 Å². The Bertz CT molecular complexity index is 1070. The first-order valence-corrected chi connectivity index (χ1v) is 11.2. The molecule has 2 heterocycles. The van der Waals surface area contributed by atoms with Gasteiger partial charge in [-0.05, 0) is 61.2 Å². The summed E-state index contributed by atoms with van der Waals surface area (Å²) in [5.41, 5.74) is 3.28. The summed E-state index contributed by atoms with van der Waals surface area (Å²) in [5.74, 6) is 0.984. The molecule has 1 atom stereocenters. The van der Waals surface area contributed by atoms with Crippen LogP contribution in [0.5, 0.6) is 5.75 Å². The van der Waals surface area contributed by atoms with Gasteiger partial charge in [-0.15, -0.1) is 0 Å². The van der Waals surface area contributed by atoms with Crippen molar-refractivity contribution in [3.63, 3.8) is 0 Å². The van der Waals surface area contributed by atoms with Crippen molar-refractivity contribution in [2.45, 2.75) is 37.0 Å². The Balaban J connectivity index is 1.58. The lowest BCUT2D eigenvalue weighted by Crippen LogP contribution is -2.39. The number of aromatic nitrogens is 1. The van der Waals surface area contributed by atoms with E-state index in [1.165, 1.54) is 0 Å². The zero-order valence-corrected chi connectivity index (χ0v) is 17.1. The van der Waals surface area contributed by atoms with Gasteiger partial charge >= 0.3 is 0 Å². The highest BCUT2D eigenvalue weighted by molar-refractivity contribution is 7.89. The number of aromatic amines is 1. The third-order valence-corrected chi connectivity index (χ3v) is 7.52. The van der Waals surface area contributed by atoms with Crippen molar-refractivity contribution in [3.8, 4) is 5.75 Å². The lowest BCUT2D eigenvalue weighted by Gasteiger charge is -2.31. The zero-order chi connectivity index (χ0) is 19.7. The fraction of sp³-hybridized carbons (Fsp3) is 0.364. The largest absolute Gasteiger partial charge is 0.497 e. The number of fused-ring (bicyclic) bond motifs is 1. The first kappa shape index (κ1) is 19.0. The van der Waals surface area contributed by atoms with Crippen LogP contribution < -0.4 is 4.74 Å². The van der Waals surface area contributed by atoms with Gasteiger partial charge in [-0.2, -0.15) is 4.31 Å². The highest BCUT2D eigenvalue weighted by Crippen LogP contribution is 2.32. The molecule has 148 valence electrons. The summed E-state index contributed by atoms with van der Waals surface area (Å²) < 4.78 is 33.2. The van der Waals surface area contributed by atoms with Gasteiger partial charge in [-0.1, -0.05) is 19.1 Å². The van der Waals surface area contributed by atoms with Crippen LogP contribution in [0.2, 0.25) is 0 Å². The van der Waals surface area contributed by atoms with Crippen LogP contribution in [0.3, 0.4) is 0 Å². The molecule has 0 bridgehead atoms. The van der Waals surface area contributed by atoms with Crippen LogP contribution in [-0.2, 0) is 16.4 Å². The minimum absolute atomic E-state index is 0.164. The van der Waals surface area contributed by atoms with E-state index in [0.717, 1.165) is 47.2 Å². The van der Waals surface area contributed by atoms with E-state index >= 15 is 0 Å². The van der Waals surface area contributed by atoms with E-state index in [2.05, 4.69) is 18.0 Å². The topological polar surface area (TPSA) is 62.4 Å². The van der Waals surface area contributed by atoms with Crippen molar-refractivity contribution >= 4 is 20.9 Å². The molecule has 1 aliphatic rings.